The molecule has 0 saturated carbocycles. The summed E-state index contributed by atoms with van der Waals surface area (Å²) in [5.41, 5.74) is 2.84. The van der Waals surface area contributed by atoms with Crippen LogP contribution in [0.3, 0.4) is 0 Å². The van der Waals surface area contributed by atoms with Gasteiger partial charge in [0.15, 0.2) is 0 Å². The maximum Gasteiger partial charge on any atom is 0.118 e. The molecule has 2 aromatic carbocycles. The Hall–Kier alpha value is -2.48. The summed E-state index contributed by atoms with van der Waals surface area (Å²) in [6, 6.07) is 13.2. The van der Waals surface area contributed by atoms with Gasteiger partial charge < -0.3 is 10.2 Å². The van der Waals surface area contributed by atoms with Crippen molar-refractivity contribution in [2.75, 3.05) is 0 Å². The lowest BCUT2D eigenvalue weighted by Gasteiger charge is -2.38. The van der Waals surface area contributed by atoms with E-state index in [1.165, 1.54) is 0 Å². The number of aryl methyl sites for hydroxylation is 1. The molecule has 1 aliphatic rings. The largest absolute Gasteiger partial charge is 0.508 e. The number of allylic oxidation sites excluding steroid dienone is 4. The first-order valence-electron chi connectivity index (χ1n) is 7.49. The second-order valence-corrected chi connectivity index (χ2v) is 5.95. The van der Waals surface area contributed by atoms with Crippen LogP contribution in [0.15, 0.2) is 66.8 Å². The van der Waals surface area contributed by atoms with E-state index in [-0.39, 0.29) is 17.1 Å². The van der Waals surface area contributed by atoms with E-state index in [1.807, 2.05) is 31.2 Å². The summed E-state index contributed by atoms with van der Waals surface area (Å²) in [6.45, 7) is 4.10. The molecule has 0 spiro atoms. The predicted molar refractivity (Wildman–Crippen MR) is 89.2 cm³/mol. The standard InChI is InChI=1S/C20H20O2/c1-14-13-17(8-11-19(14)22)20(12-4-3-5-15(20)2)16-6-9-18(21)10-7-16/h3-13,15,21-22H,1-2H3. The minimum Gasteiger partial charge on any atom is -0.508 e. The summed E-state index contributed by atoms with van der Waals surface area (Å²) in [5, 5.41) is 19.4. The molecule has 1 aliphatic carbocycles. The highest BCUT2D eigenvalue weighted by atomic mass is 16.3. The molecule has 112 valence electrons. The summed E-state index contributed by atoms with van der Waals surface area (Å²) >= 11 is 0. The number of benzene rings is 2. The molecule has 22 heavy (non-hydrogen) atoms. The van der Waals surface area contributed by atoms with E-state index in [2.05, 4.69) is 31.2 Å². The zero-order valence-corrected chi connectivity index (χ0v) is 12.8. The van der Waals surface area contributed by atoms with E-state index in [4.69, 9.17) is 0 Å². The number of aromatic hydroxyl groups is 2. The van der Waals surface area contributed by atoms with E-state index in [0.717, 1.165) is 16.7 Å². The molecule has 2 aromatic rings. The van der Waals surface area contributed by atoms with Gasteiger partial charge >= 0.3 is 0 Å². The Kier molecular flexibility index (Phi) is 3.53. The van der Waals surface area contributed by atoms with Crippen molar-refractivity contribution in [1.29, 1.82) is 0 Å². The van der Waals surface area contributed by atoms with E-state index in [0.29, 0.717) is 5.75 Å². The van der Waals surface area contributed by atoms with E-state index in [9.17, 15) is 10.2 Å². The maximum absolute atomic E-state index is 9.83. The molecule has 0 amide bonds. The summed E-state index contributed by atoms with van der Waals surface area (Å²) < 4.78 is 0. The highest BCUT2D eigenvalue weighted by Gasteiger charge is 2.37. The highest BCUT2D eigenvalue weighted by Crippen LogP contribution is 2.44. The molecule has 2 unspecified atom stereocenters. The van der Waals surface area contributed by atoms with Crippen molar-refractivity contribution in [1.82, 2.24) is 0 Å². The molecule has 0 radical (unpaired) electrons. The van der Waals surface area contributed by atoms with Gasteiger partial charge in [0, 0.05) is 5.41 Å². The van der Waals surface area contributed by atoms with Crippen LogP contribution in [0.2, 0.25) is 0 Å². The van der Waals surface area contributed by atoms with Crippen LogP contribution < -0.4 is 0 Å². The summed E-state index contributed by atoms with van der Waals surface area (Å²) in [6.07, 6.45) is 8.52. The zero-order valence-electron chi connectivity index (χ0n) is 12.8. The number of rotatable bonds is 2. The fourth-order valence-corrected chi connectivity index (χ4v) is 3.28. The van der Waals surface area contributed by atoms with Crippen molar-refractivity contribution in [3.63, 3.8) is 0 Å². The summed E-state index contributed by atoms with van der Waals surface area (Å²) in [5.74, 6) is 0.849. The average Bonchev–Trinajstić information content (AvgIpc) is 2.52. The Labute approximate surface area is 131 Å². The van der Waals surface area contributed by atoms with Crippen molar-refractivity contribution < 1.29 is 10.2 Å². The van der Waals surface area contributed by atoms with E-state index in [1.54, 1.807) is 18.2 Å². The van der Waals surface area contributed by atoms with Gasteiger partial charge in [-0.1, -0.05) is 55.5 Å². The van der Waals surface area contributed by atoms with Crippen molar-refractivity contribution >= 4 is 0 Å². The number of phenolic OH excluding ortho intramolecular Hbond substituents is 2. The third kappa shape index (κ3) is 2.21. The van der Waals surface area contributed by atoms with Crippen LogP contribution in [-0.2, 0) is 5.41 Å². The van der Waals surface area contributed by atoms with Gasteiger partial charge in [-0.15, -0.1) is 0 Å². The van der Waals surface area contributed by atoms with Gasteiger partial charge in [-0.05, 0) is 47.7 Å². The van der Waals surface area contributed by atoms with Gasteiger partial charge in [0.25, 0.3) is 0 Å². The molecule has 2 heteroatoms. The van der Waals surface area contributed by atoms with Gasteiger partial charge in [0.05, 0.1) is 0 Å². The van der Waals surface area contributed by atoms with Crippen molar-refractivity contribution in [2.24, 2.45) is 5.92 Å². The number of phenols is 2. The minimum absolute atomic E-state index is 0.267. The lowest BCUT2D eigenvalue weighted by atomic mass is 9.64. The fourth-order valence-electron chi connectivity index (χ4n) is 3.28. The van der Waals surface area contributed by atoms with Gasteiger partial charge in [0.1, 0.15) is 11.5 Å². The Morgan fingerprint density at radius 1 is 0.909 bits per heavy atom. The minimum atomic E-state index is -0.291. The maximum atomic E-state index is 9.83. The SMILES string of the molecule is Cc1cc(C2(c3ccc(O)cc3)C=CC=CC2C)ccc1O. The second kappa shape index (κ2) is 5.38. The Bertz CT molecular complexity index is 741. The van der Waals surface area contributed by atoms with Gasteiger partial charge in [-0.25, -0.2) is 0 Å². The third-order valence-corrected chi connectivity index (χ3v) is 4.61. The smallest absolute Gasteiger partial charge is 0.118 e. The molecule has 0 aliphatic heterocycles. The molecule has 2 atom stereocenters. The molecule has 0 saturated heterocycles. The van der Waals surface area contributed by atoms with Crippen LogP contribution in [0.4, 0.5) is 0 Å². The first-order valence-corrected chi connectivity index (χ1v) is 7.49. The fraction of sp³-hybridized carbons (Fsp3) is 0.200. The molecule has 0 heterocycles. The molecular formula is C20H20O2. The molecular weight excluding hydrogens is 272 g/mol. The lowest BCUT2D eigenvalue weighted by Crippen LogP contribution is -2.33. The van der Waals surface area contributed by atoms with Gasteiger partial charge in [-0.2, -0.15) is 0 Å². The van der Waals surface area contributed by atoms with Crippen molar-refractivity contribution in [2.45, 2.75) is 19.3 Å². The summed E-state index contributed by atoms with van der Waals surface area (Å²) in [7, 11) is 0. The number of hydrogen-bond donors (Lipinski definition) is 2. The second-order valence-electron chi connectivity index (χ2n) is 5.95. The summed E-state index contributed by atoms with van der Waals surface area (Å²) in [4.78, 5) is 0. The molecule has 2 nitrogen and oxygen atoms in total. The predicted octanol–water partition coefficient (Wildman–Crippen LogP) is 4.45. The topological polar surface area (TPSA) is 40.5 Å². The van der Waals surface area contributed by atoms with Crippen molar-refractivity contribution in [3.8, 4) is 11.5 Å². The van der Waals surface area contributed by atoms with Crippen LogP contribution in [0.1, 0.15) is 23.6 Å². The van der Waals surface area contributed by atoms with E-state index >= 15 is 0 Å². The van der Waals surface area contributed by atoms with Crippen LogP contribution in [0.25, 0.3) is 0 Å². The molecule has 0 aromatic heterocycles. The highest BCUT2D eigenvalue weighted by molar-refractivity contribution is 5.52. The Morgan fingerprint density at radius 2 is 1.59 bits per heavy atom. The van der Waals surface area contributed by atoms with Crippen molar-refractivity contribution in [3.05, 3.63) is 83.5 Å². The van der Waals surface area contributed by atoms with Gasteiger partial charge in [-0.3, -0.25) is 0 Å². The lowest BCUT2D eigenvalue weighted by molar-refractivity contribution is 0.464. The van der Waals surface area contributed by atoms with E-state index < -0.39 is 0 Å². The average molecular weight is 292 g/mol. The van der Waals surface area contributed by atoms with Crippen LogP contribution in [0.5, 0.6) is 11.5 Å². The van der Waals surface area contributed by atoms with Crippen LogP contribution in [-0.4, -0.2) is 10.2 Å². The number of hydrogen-bond acceptors (Lipinski definition) is 2. The Balaban J connectivity index is 2.23. The zero-order chi connectivity index (χ0) is 15.7. The Morgan fingerprint density at radius 3 is 2.23 bits per heavy atom. The first kappa shape index (κ1) is 14.5. The third-order valence-electron chi connectivity index (χ3n) is 4.61. The quantitative estimate of drug-likeness (QED) is 0.858. The molecule has 3 rings (SSSR count). The first-order chi connectivity index (χ1) is 10.5. The monoisotopic (exact) mass is 292 g/mol. The molecule has 0 fully saturated rings. The van der Waals surface area contributed by atoms with Crippen LogP contribution >= 0.6 is 0 Å². The van der Waals surface area contributed by atoms with Gasteiger partial charge in [0.2, 0.25) is 0 Å². The van der Waals surface area contributed by atoms with Crippen LogP contribution in [0, 0.1) is 12.8 Å². The normalized spacial score (nSPS) is 23.6. The molecule has 0 bridgehead atoms. The molecule has 2 N–H and O–H groups in total.